The molecule has 0 rings (SSSR count). The maximum absolute atomic E-state index is 12.8. The van der Waals surface area contributed by atoms with Crippen molar-refractivity contribution in [2.45, 2.75) is 348 Å². The van der Waals surface area contributed by atoms with Gasteiger partial charge in [-0.25, -0.2) is 0 Å². The predicted octanol–water partition coefficient (Wildman–Crippen LogP) is 21.2. The highest BCUT2D eigenvalue weighted by molar-refractivity contribution is 5.71. The highest BCUT2D eigenvalue weighted by Crippen LogP contribution is 2.17. The minimum Gasteiger partial charge on any atom is -0.462 e. The number of ether oxygens (including phenoxy) is 3. The van der Waals surface area contributed by atoms with Crippen molar-refractivity contribution in [3.05, 3.63) is 36.5 Å². The van der Waals surface area contributed by atoms with Crippen LogP contribution in [0, 0.1) is 0 Å². The van der Waals surface area contributed by atoms with E-state index >= 15 is 0 Å². The van der Waals surface area contributed by atoms with Crippen LogP contribution >= 0.6 is 0 Å². The predicted molar refractivity (Wildman–Crippen MR) is 307 cm³/mol. The number of esters is 3. The maximum Gasteiger partial charge on any atom is 0.306 e. The zero-order valence-electron chi connectivity index (χ0n) is 47.8. The molecule has 0 spiro atoms. The minimum absolute atomic E-state index is 0.0705. The molecule has 0 saturated heterocycles. The summed E-state index contributed by atoms with van der Waals surface area (Å²) in [5, 5.41) is 0. The monoisotopic (exact) mass is 997 g/mol. The normalized spacial score (nSPS) is 12.2. The first-order valence-electron chi connectivity index (χ1n) is 31.5. The van der Waals surface area contributed by atoms with E-state index in [0.717, 1.165) is 70.6 Å². The van der Waals surface area contributed by atoms with E-state index in [4.69, 9.17) is 14.2 Å². The number of carbonyl (C=O) groups is 3. The maximum atomic E-state index is 12.8. The van der Waals surface area contributed by atoms with Crippen LogP contribution in [-0.4, -0.2) is 37.2 Å². The van der Waals surface area contributed by atoms with Crippen LogP contribution in [0.5, 0.6) is 0 Å². The van der Waals surface area contributed by atoms with E-state index in [2.05, 4.69) is 57.2 Å². The van der Waals surface area contributed by atoms with Gasteiger partial charge in [-0.2, -0.15) is 0 Å². The standard InChI is InChI=1S/C65H120O6/c1-4-7-10-13-16-19-22-24-25-26-27-28-29-30-31-32-33-34-35-36-37-38-39-40-41-42-44-46-49-52-55-58-64(67)70-61-62(60-69-63(66)57-54-51-48-45-21-18-15-12-9-6-3)71-65(68)59-56-53-50-47-43-23-20-17-14-11-8-5-2/h17,20,22,24,26-27,62H,4-16,18-19,21,23,25,28-61H2,1-3H3/b20-17-,24-22-,27-26-. The van der Waals surface area contributed by atoms with Gasteiger partial charge in [-0.05, 0) is 77.0 Å². The molecular formula is C65H120O6. The van der Waals surface area contributed by atoms with E-state index < -0.39 is 6.10 Å². The molecule has 0 aromatic rings. The zero-order valence-corrected chi connectivity index (χ0v) is 47.8. The summed E-state index contributed by atoms with van der Waals surface area (Å²) in [7, 11) is 0. The first kappa shape index (κ1) is 68.6. The van der Waals surface area contributed by atoms with Crippen LogP contribution in [-0.2, 0) is 28.6 Å². The van der Waals surface area contributed by atoms with Crippen molar-refractivity contribution >= 4 is 17.9 Å². The Morgan fingerprint density at radius 3 is 0.817 bits per heavy atom. The number of hydrogen-bond acceptors (Lipinski definition) is 6. The summed E-state index contributed by atoms with van der Waals surface area (Å²) in [6, 6.07) is 0. The molecule has 0 amide bonds. The fraction of sp³-hybridized carbons (Fsp3) is 0.862. The third-order valence-corrected chi connectivity index (χ3v) is 14.1. The highest BCUT2D eigenvalue weighted by Gasteiger charge is 2.19. The summed E-state index contributed by atoms with van der Waals surface area (Å²) < 4.78 is 16.8. The zero-order chi connectivity index (χ0) is 51.4. The van der Waals surface area contributed by atoms with E-state index in [-0.39, 0.29) is 31.1 Å². The van der Waals surface area contributed by atoms with Crippen molar-refractivity contribution in [1.29, 1.82) is 0 Å². The molecule has 0 aromatic heterocycles. The van der Waals surface area contributed by atoms with Gasteiger partial charge in [-0.15, -0.1) is 0 Å². The highest BCUT2D eigenvalue weighted by atomic mass is 16.6. The van der Waals surface area contributed by atoms with Crippen LogP contribution in [0.2, 0.25) is 0 Å². The summed E-state index contributed by atoms with van der Waals surface area (Å²) in [6.07, 6.45) is 73.2. The molecule has 0 aliphatic rings. The Morgan fingerprint density at radius 2 is 0.507 bits per heavy atom. The average Bonchev–Trinajstić information content (AvgIpc) is 3.37. The molecule has 71 heavy (non-hydrogen) atoms. The van der Waals surface area contributed by atoms with Crippen molar-refractivity contribution < 1.29 is 28.6 Å². The lowest BCUT2D eigenvalue weighted by Crippen LogP contribution is -2.30. The first-order chi connectivity index (χ1) is 35.0. The van der Waals surface area contributed by atoms with Gasteiger partial charge in [0.1, 0.15) is 13.2 Å². The second-order valence-corrected chi connectivity index (χ2v) is 21.3. The minimum atomic E-state index is -0.771. The van der Waals surface area contributed by atoms with Gasteiger partial charge < -0.3 is 14.2 Å². The van der Waals surface area contributed by atoms with Gasteiger partial charge in [-0.1, -0.05) is 282 Å². The summed E-state index contributed by atoms with van der Waals surface area (Å²) in [6.45, 7) is 6.63. The molecule has 0 aliphatic carbocycles. The fourth-order valence-corrected chi connectivity index (χ4v) is 9.35. The molecule has 0 N–H and O–H groups in total. The molecule has 0 heterocycles. The SMILES string of the molecule is CCCCC/C=C\CCCCCCCC(=O)OC(COC(=O)CCCCCCCCCCCC)COC(=O)CCCCCCCCCCCCCCCCCCCCC/C=C\C/C=C\CCCCCCC. The molecular weight excluding hydrogens is 877 g/mol. The molecule has 0 aromatic carbocycles. The van der Waals surface area contributed by atoms with Crippen molar-refractivity contribution in [1.82, 2.24) is 0 Å². The summed E-state index contributed by atoms with van der Waals surface area (Å²) in [5.41, 5.74) is 0. The summed E-state index contributed by atoms with van der Waals surface area (Å²) >= 11 is 0. The van der Waals surface area contributed by atoms with E-state index in [1.807, 2.05) is 0 Å². The van der Waals surface area contributed by atoms with Gasteiger partial charge in [0.05, 0.1) is 0 Å². The molecule has 0 fully saturated rings. The molecule has 1 atom stereocenters. The number of unbranched alkanes of at least 4 members (excludes halogenated alkanes) is 41. The van der Waals surface area contributed by atoms with Gasteiger partial charge in [0, 0.05) is 19.3 Å². The molecule has 6 nitrogen and oxygen atoms in total. The Bertz CT molecular complexity index is 1190. The third-order valence-electron chi connectivity index (χ3n) is 14.1. The Hall–Kier alpha value is -2.37. The van der Waals surface area contributed by atoms with Crippen LogP contribution in [0.1, 0.15) is 342 Å². The van der Waals surface area contributed by atoms with Crippen molar-refractivity contribution in [3.8, 4) is 0 Å². The molecule has 0 aliphatic heterocycles. The molecule has 0 bridgehead atoms. The fourth-order valence-electron chi connectivity index (χ4n) is 9.35. The van der Waals surface area contributed by atoms with Crippen LogP contribution in [0.15, 0.2) is 36.5 Å². The molecule has 1 unspecified atom stereocenters. The Kier molecular flexibility index (Phi) is 58.2. The quantitative estimate of drug-likeness (QED) is 0.0261. The number of hydrogen-bond donors (Lipinski definition) is 0. The Morgan fingerprint density at radius 1 is 0.282 bits per heavy atom. The van der Waals surface area contributed by atoms with Gasteiger partial charge in [0.25, 0.3) is 0 Å². The average molecular weight is 998 g/mol. The Balaban J connectivity index is 4.03. The number of allylic oxidation sites excluding steroid dienone is 6. The van der Waals surface area contributed by atoms with Crippen molar-refractivity contribution in [2.75, 3.05) is 13.2 Å². The third kappa shape index (κ3) is 58.4. The van der Waals surface area contributed by atoms with Crippen molar-refractivity contribution in [2.24, 2.45) is 0 Å². The molecule has 416 valence electrons. The summed E-state index contributed by atoms with van der Waals surface area (Å²) in [4.78, 5) is 38.0. The Labute approximate surface area is 442 Å². The summed E-state index contributed by atoms with van der Waals surface area (Å²) in [5.74, 6) is -0.863. The molecule has 6 heteroatoms. The second kappa shape index (κ2) is 60.2. The van der Waals surface area contributed by atoms with Gasteiger partial charge >= 0.3 is 17.9 Å². The topological polar surface area (TPSA) is 78.9 Å². The van der Waals surface area contributed by atoms with Crippen LogP contribution in [0.25, 0.3) is 0 Å². The van der Waals surface area contributed by atoms with Crippen LogP contribution in [0.4, 0.5) is 0 Å². The number of carbonyl (C=O) groups excluding carboxylic acids is 3. The van der Waals surface area contributed by atoms with Gasteiger partial charge in [0.2, 0.25) is 0 Å². The smallest absolute Gasteiger partial charge is 0.306 e. The lowest BCUT2D eigenvalue weighted by molar-refractivity contribution is -0.167. The lowest BCUT2D eigenvalue weighted by Gasteiger charge is -2.18. The lowest BCUT2D eigenvalue weighted by atomic mass is 10.0. The largest absolute Gasteiger partial charge is 0.462 e. The van der Waals surface area contributed by atoms with E-state index in [1.165, 1.54) is 231 Å². The van der Waals surface area contributed by atoms with E-state index in [1.54, 1.807) is 0 Å². The van der Waals surface area contributed by atoms with E-state index in [0.29, 0.717) is 19.3 Å². The first-order valence-corrected chi connectivity index (χ1v) is 31.5. The van der Waals surface area contributed by atoms with Gasteiger partial charge in [0.15, 0.2) is 6.10 Å². The van der Waals surface area contributed by atoms with Crippen LogP contribution in [0.3, 0.4) is 0 Å². The molecule has 0 saturated carbocycles. The van der Waals surface area contributed by atoms with Crippen LogP contribution < -0.4 is 0 Å². The van der Waals surface area contributed by atoms with Gasteiger partial charge in [-0.3, -0.25) is 14.4 Å². The number of rotatable bonds is 58. The second-order valence-electron chi connectivity index (χ2n) is 21.3. The van der Waals surface area contributed by atoms with Crippen molar-refractivity contribution in [3.63, 3.8) is 0 Å². The molecule has 0 radical (unpaired) electrons. The van der Waals surface area contributed by atoms with E-state index in [9.17, 15) is 14.4 Å².